The molecule has 1 amide bonds. The van der Waals surface area contributed by atoms with Crippen LogP contribution in [0.4, 0.5) is 0 Å². The maximum atomic E-state index is 13.4. The van der Waals surface area contributed by atoms with Gasteiger partial charge < -0.3 is 9.64 Å². The third-order valence-electron chi connectivity index (χ3n) is 4.80. The summed E-state index contributed by atoms with van der Waals surface area (Å²) in [6.07, 6.45) is 1.22. The summed E-state index contributed by atoms with van der Waals surface area (Å²) in [6, 6.07) is 12.2. The summed E-state index contributed by atoms with van der Waals surface area (Å²) in [5.41, 5.74) is 1.23. The second kappa shape index (κ2) is 9.37. The van der Waals surface area contributed by atoms with Crippen molar-refractivity contribution in [3.63, 3.8) is 0 Å². The topological polar surface area (TPSA) is 63.7 Å². The molecule has 0 radical (unpaired) electrons. The van der Waals surface area contributed by atoms with Crippen molar-refractivity contribution in [1.29, 1.82) is 0 Å². The van der Waals surface area contributed by atoms with E-state index in [-0.39, 0.29) is 33.5 Å². The lowest BCUT2D eigenvalue weighted by molar-refractivity contribution is 0.0681. The van der Waals surface area contributed by atoms with Gasteiger partial charge in [0.05, 0.1) is 28.2 Å². The molecule has 0 spiro atoms. The van der Waals surface area contributed by atoms with Gasteiger partial charge in [-0.2, -0.15) is 0 Å². The van der Waals surface area contributed by atoms with Crippen molar-refractivity contribution in [3.8, 4) is 5.75 Å². The summed E-state index contributed by atoms with van der Waals surface area (Å²) in [4.78, 5) is 15.0. The highest BCUT2D eigenvalue weighted by molar-refractivity contribution is 7.91. The van der Waals surface area contributed by atoms with Gasteiger partial charge in [0.15, 0.2) is 15.6 Å². The third kappa shape index (κ3) is 5.44. The van der Waals surface area contributed by atoms with Gasteiger partial charge in [-0.1, -0.05) is 60.5 Å². The minimum atomic E-state index is -3.15. The van der Waals surface area contributed by atoms with Crippen molar-refractivity contribution >= 4 is 38.9 Å². The van der Waals surface area contributed by atoms with E-state index in [1.807, 2.05) is 37.3 Å². The van der Waals surface area contributed by atoms with E-state index in [4.69, 9.17) is 27.9 Å². The van der Waals surface area contributed by atoms with Crippen LogP contribution >= 0.6 is 23.2 Å². The molecule has 1 aliphatic rings. The first-order valence-electron chi connectivity index (χ1n) is 9.48. The lowest BCUT2D eigenvalue weighted by atomic mass is 10.1. The van der Waals surface area contributed by atoms with E-state index in [0.717, 1.165) is 12.0 Å². The highest BCUT2D eigenvalue weighted by Gasteiger charge is 2.35. The minimum Gasteiger partial charge on any atom is -0.490 e. The lowest BCUT2D eigenvalue weighted by Crippen LogP contribution is -2.40. The molecular formula is C21H23Cl2NO4S. The number of nitrogens with zero attached hydrogens (tertiary/aromatic N) is 1. The average molecular weight is 456 g/mol. The first-order chi connectivity index (χ1) is 13.8. The number of ether oxygens (including phenoxy) is 1. The Morgan fingerprint density at radius 1 is 1.17 bits per heavy atom. The van der Waals surface area contributed by atoms with Crippen molar-refractivity contribution in [2.24, 2.45) is 0 Å². The Labute approximate surface area is 181 Å². The molecule has 2 aromatic rings. The summed E-state index contributed by atoms with van der Waals surface area (Å²) in [7, 11) is -3.15. The lowest BCUT2D eigenvalue weighted by Gasteiger charge is -2.29. The quantitative estimate of drug-likeness (QED) is 0.611. The van der Waals surface area contributed by atoms with Gasteiger partial charge in [0.2, 0.25) is 0 Å². The van der Waals surface area contributed by atoms with Crippen LogP contribution in [0.2, 0.25) is 10.0 Å². The van der Waals surface area contributed by atoms with Crippen molar-refractivity contribution in [2.75, 3.05) is 18.1 Å². The predicted octanol–water partition coefficient (Wildman–Crippen LogP) is 4.61. The van der Waals surface area contributed by atoms with E-state index in [0.29, 0.717) is 30.9 Å². The number of halogens is 2. The van der Waals surface area contributed by atoms with Gasteiger partial charge in [0.1, 0.15) is 0 Å². The number of hydrogen-bond donors (Lipinski definition) is 0. The van der Waals surface area contributed by atoms with Crippen LogP contribution in [0.1, 0.15) is 35.7 Å². The summed E-state index contributed by atoms with van der Waals surface area (Å²) < 4.78 is 29.6. The number of hydrogen-bond acceptors (Lipinski definition) is 4. The molecule has 1 fully saturated rings. The molecule has 0 aliphatic carbocycles. The molecule has 0 bridgehead atoms. The number of sulfone groups is 1. The number of rotatable bonds is 7. The first-order valence-corrected chi connectivity index (χ1v) is 12.1. The maximum Gasteiger partial charge on any atom is 0.254 e. The van der Waals surface area contributed by atoms with Crippen LogP contribution in [0, 0.1) is 0 Å². The minimum absolute atomic E-state index is 0.0370. The molecule has 0 N–H and O–H groups in total. The highest BCUT2D eigenvalue weighted by atomic mass is 35.5. The second-order valence-electron chi connectivity index (χ2n) is 7.09. The van der Waals surface area contributed by atoms with Gasteiger partial charge in [-0.05, 0) is 30.5 Å². The van der Waals surface area contributed by atoms with E-state index in [9.17, 15) is 13.2 Å². The summed E-state index contributed by atoms with van der Waals surface area (Å²) in [5.74, 6) is 0.0957. The van der Waals surface area contributed by atoms with Gasteiger partial charge in [0.25, 0.3) is 5.91 Å². The fourth-order valence-electron chi connectivity index (χ4n) is 3.36. The van der Waals surface area contributed by atoms with E-state index in [1.54, 1.807) is 4.90 Å². The molecule has 0 saturated carbocycles. The van der Waals surface area contributed by atoms with Crippen LogP contribution in [-0.2, 0) is 16.4 Å². The predicted molar refractivity (Wildman–Crippen MR) is 116 cm³/mol. The van der Waals surface area contributed by atoms with Gasteiger partial charge in [0, 0.05) is 18.2 Å². The number of amides is 1. The Morgan fingerprint density at radius 2 is 1.83 bits per heavy atom. The number of carbonyl (C=O) groups is 1. The molecule has 5 nitrogen and oxygen atoms in total. The molecular weight excluding hydrogens is 433 g/mol. The Bertz CT molecular complexity index is 956. The second-order valence-corrected chi connectivity index (χ2v) is 10.1. The molecule has 2 aromatic carbocycles. The SMILES string of the molecule is CCCOc1c(Cl)cc(C(=O)N(Cc2ccccc2)C2CCS(=O)(=O)C2)cc1Cl. The van der Waals surface area contributed by atoms with Crippen LogP contribution in [0.5, 0.6) is 5.75 Å². The number of carbonyl (C=O) groups excluding carboxylic acids is 1. The molecule has 1 saturated heterocycles. The van der Waals surface area contributed by atoms with Crippen molar-refractivity contribution in [2.45, 2.75) is 32.4 Å². The zero-order valence-corrected chi connectivity index (χ0v) is 18.4. The molecule has 156 valence electrons. The molecule has 1 unspecified atom stereocenters. The zero-order valence-electron chi connectivity index (χ0n) is 16.1. The first kappa shape index (κ1) is 21.9. The largest absolute Gasteiger partial charge is 0.490 e. The Morgan fingerprint density at radius 3 is 2.38 bits per heavy atom. The molecule has 1 aliphatic heterocycles. The normalized spacial score (nSPS) is 17.8. The molecule has 1 atom stereocenters. The third-order valence-corrected chi connectivity index (χ3v) is 7.11. The molecule has 1 heterocycles. The van der Waals surface area contributed by atoms with Gasteiger partial charge in [-0.3, -0.25) is 4.79 Å². The molecule has 8 heteroatoms. The van der Waals surface area contributed by atoms with Crippen LogP contribution in [0.15, 0.2) is 42.5 Å². The Balaban J connectivity index is 1.92. The van der Waals surface area contributed by atoms with E-state index in [2.05, 4.69) is 0 Å². The smallest absolute Gasteiger partial charge is 0.254 e. The van der Waals surface area contributed by atoms with E-state index >= 15 is 0 Å². The van der Waals surface area contributed by atoms with E-state index in [1.165, 1.54) is 12.1 Å². The molecule has 3 rings (SSSR count). The van der Waals surface area contributed by atoms with E-state index < -0.39 is 9.84 Å². The molecule has 0 aromatic heterocycles. The average Bonchev–Trinajstić information content (AvgIpc) is 3.05. The fourth-order valence-corrected chi connectivity index (χ4v) is 5.69. The fraction of sp³-hybridized carbons (Fsp3) is 0.381. The molecule has 29 heavy (non-hydrogen) atoms. The summed E-state index contributed by atoms with van der Waals surface area (Å²) >= 11 is 12.6. The number of benzene rings is 2. The monoisotopic (exact) mass is 455 g/mol. The Kier molecular flexibility index (Phi) is 7.09. The van der Waals surface area contributed by atoms with Crippen LogP contribution < -0.4 is 4.74 Å². The standard InChI is InChI=1S/C21H23Cl2NO4S/c1-2-9-28-20-18(22)11-16(12-19(20)23)21(25)24(13-15-6-4-3-5-7-15)17-8-10-29(26,27)14-17/h3-7,11-12,17H,2,8-10,13-14H2,1H3. The zero-order chi connectivity index (χ0) is 21.0. The maximum absolute atomic E-state index is 13.4. The highest BCUT2D eigenvalue weighted by Crippen LogP contribution is 2.35. The van der Waals surface area contributed by atoms with Crippen LogP contribution in [-0.4, -0.2) is 43.4 Å². The Hall–Kier alpha value is -1.76. The van der Waals surface area contributed by atoms with Crippen molar-refractivity contribution in [3.05, 3.63) is 63.6 Å². The van der Waals surface area contributed by atoms with Gasteiger partial charge in [-0.25, -0.2) is 8.42 Å². The summed E-state index contributed by atoms with van der Waals surface area (Å²) in [6.45, 7) is 2.74. The van der Waals surface area contributed by atoms with Crippen LogP contribution in [0.3, 0.4) is 0 Å². The van der Waals surface area contributed by atoms with Gasteiger partial charge in [-0.15, -0.1) is 0 Å². The van der Waals surface area contributed by atoms with Crippen molar-refractivity contribution in [1.82, 2.24) is 4.90 Å². The van der Waals surface area contributed by atoms with Crippen molar-refractivity contribution < 1.29 is 17.9 Å². The summed E-state index contributed by atoms with van der Waals surface area (Å²) in [5, 5.41) is 0.515. The van der Waals surface area contributed by atoms with Gasteiger partial charge >= 0.3 is 0 Å². The van der Waals surface area contributed by atoms with Crippen LogP contribution in [0.25, 0.3) is 0 Å².